The lowest BCUT2D eigenvalue weighted by Gasteiger charge is -2.24. The maximum absolute atomic E-state index is 11.0. The third kappa shape index (κ3) is 2.39. The van der Waals surface area contributed by atoms with Crippen molar-refractivity contribution in [2.45, 2.75) is 38.2 Å². The average Bonchev–Trinajstić information content (AvgIpc) is 2.44. The molecule has 2 atom stereocenters. The monoisotopic (exact) mass is 265 g/mol. The Morgan fingerprint density at radius 2 is 2.19 bits per heavy atom. The Bertz CT molecular complexity index is 496. The van der Waals surface area contributed by atoms with Crippen LogP contribution in [0.25, 0.3) is 0 Å². The number of halogens is 1. The standard InChI is InChI=1S/C9H12ClNO4S/c1-5-3-8-9(6(2)14-5)7(11-15-8)4-16(10,12)13/h5-6H,3-4H2,1-2H3/t5-,6+/m1/s1. The van der Waals surface area contributed by atoms with Crippen LogP contribution in [0.15, 0.2) is 4.52 Å². The van der Waals surface area contributed by atoms with Gasteiger partial charge in [-0.3, -0.25) is 0 Å². The molecule has 0 aromatic carbocycles. The molecule has 1 aromatic rings. The summed E-state index contributed by atoms with van der Waals surface area (Å²) >= 11 is 0. The minimum atomic E-state index is -3.62. The van der Waals surface area contributed by atoms with Gasteiger partial charge in [0, 0.05) is 22.7 Å². The molecular formula is C9H12ClNO4S. The average molecular weight is 266 g/mol. The summed E-state index contributed by atoms with van der Waals surface area (Å²) in [5.74, 6) is 0.372. The third-order valence-corrected chi connectivity index (χ3v) is 3.45. The van der Waals surface area contributed by atoms with E-state index in [9.17, 15) is 8.42 Å². The zero-order valence-corrected chi connectivity index (χ0v) is 10.5. The maximum atomic E-state index is 11.0. The van der Waals surface area contributed by atoms with Crippen LogP contribution >= 0.6 is 10.7 Å². The molecule has 1 aliphatic heterocycles. The number of fused-ring (bicyclic) bond motifs is 1. The Morgan fingerprint density at radius 1 is 1.50 bits per heavy atom. The van der Waals surface area contributed by atoms with Crippen molar-refractivity contribution in [2.75, 3.05) is 0 Å². The molecule has 0 saturated heterocycles. The third-order valence-electron chi connectivity index (χ3n) is 2.50. The quantitative estimate of drug-likeness (QED) is 0.762. The SMILES string of the molecule is C[C@@H]1Cc2onc(CS(=O)(=O)Cl)c2[C@H](C)O1. The molecule has 0 unspecified atom stereocenters. The molecule has 0 bridgehead atoms. The summed E-state index contributed by atoms with van der Waals surface area (Å²) in [7, 11) is 1.57. The highest BCUT2D eigenvalue weighted by Gasteiger charge is 2.30. The van der Waals surface area contributed by atoms with E-state index in [2.05, 4.69) is 5.16 Å². The van der Waals surface area contributed by atoms with Crippen LogP contribution in [0.2, 0.25) is 0 Å². The van der Waals surface area contributed by atoms with E-state index in [0.29, 0.717) is 17.9 Å². The van der Waals surface area contributed by atoms with Crippen molar-refractivity contribution in [2.24, 2.45) is 0 Å². The molecule has 0 spiro atoms. The van der Waals surface area contributed by atoms with Gasteiger partial charge in [0.15, 0.2) is 0 Å². The van der Waals surface area contributed by atoms with Crippen LogP contribution in [0, 0.1) is 0 Å². The van der Waals surface area contributed by atoms with Gasteiger partial charge < -0.3 is 9.26 Å². The van der Waals surface area contributed by atoms with Crippen molar-refractivity contribution >= 4 is 19.7 Å². The second kappa shape index (κ2) is 4.01. The maximum Gasteiger partial charge on any atom is 0.238 e. The molecule has 0 radical (unpaired) electrons. The lowest BCUT2D eigenvalue weighted by molar-refractivity contribution is -0.0101. The molecule has 90 valence electrons. The first-order chi connectivity index (χ1) is 7.37. The number of rotatable bonds is 2. The van der Waals surface area contributed by atoms with Gasteiger partial charge in [-0.25, -0.2) is 8.42 Å². The predicted octanol–water partition coefficient (Wildman–Crippen LogP) is 1.77. The molecule has 0 aliphatic carbocycles. The summed E-state index contributed by atoms with van der Waals surface area (Å²) in [4.78, 5) is 0. The van der Waals surface area contributed by atoms with E-state index in [1.165, 1.54) is 0 Å². The summed E-state index contributed by atoms with van der Waals surface area (Å²) in [6, 6.07) is 0. The molecule has 7 heteroatoms. The second-order valence-corrected chi connectivity index (χ2v) is 6.72. The molecular weight excluding hydrogens is 254 g/mol. The number of ether oxygens (including phenoxy) is 1. The highest BCUT2D eigenvalue weighted by Crippen LogP contribution is 2.33. The van der Waals surface area contributed by atoms with Gasteiger partial charge in [0.25, 0.3) is 0 Å². The van der Waals surface area contributed by atoms with E-state index in [0.717, 1.165) is 5.56 Å². The Hall–Kier alpha value is -0.590. The van der Waals surface area contributed by atoms with Crippen molar-refractivity contribution in [3.8, 4) is 0 Å². The van der Waals surface area contributed by atoms with Gasteiger partial charge in [0.05, 0.1) is 12.2 Å². The molecule has 2 heterocycles. The van der Waals surface area contributed by atoms with Crippen LogP contribution < -0.4 is 0 Å². The molecule has 1 aromatic heterocycles. The highest BCUT2D eigenvalue weighted by atomic mass is 35.7. The van der Waals surface area contributed by atoms with E-state index >= 15 is 0 Å². The van der Waals surface area contributed by atoms with Crippen LogP contribution in [-0.2, 0) is 26.0 Å². The minimum Gasteiger partial charge on any atom is -0.370 e. The summed E-state index contributed by atoms with van der Waals surface area (Å²) in [5.41, 5.74) is 1.08. The van der Waals surface area contributed by atoms with Crippen LogP contribution in [0.5, 0.6) is 0 Å². The van der Waals surface area contributed by atoms with E-state index in [4.69, 9.17) is 19.9 Å². The van der Waals surface area contributed by atoms with Crippen molar-refractivity contribution in [3.05, 3.63) is 17.0 Å². The number of hydrogen-bond acceptors (Lipinski definition) is 5. The Balaban J connectivity index is 2.37. The van der Waals surface area contributed by atoms with Gasteiger partial charge in [-0.15, -0.1) is 0 Å². The van der Waals surface area contributed by atoms with Crippen LogP contribution in [0.3, 0.4) is 0 Å². The topological polar surface area (TPSA) is 69.4 Å². The van der Waals surface area contributed by atoms with Gasteiger partial charge in [0.2, 0.25) is 9.05 Å². The van der Waals surface area contributed by atoms with Gasteiger partial charge in [-0.1, -0.05) is 5.16 Å². The van der Waals surface area contributed by atoms with Crippen molar-refractivity contribution in [1.82, 2.24) is 5.16 Å². The first-order valence-electron chi connectivity index (χ1n) is 4.92. The molecule has 16 heavy (non-hydrogen) atoms. The van der Waals surface area contributed by atoms with Crippen molar-refractivity contribution < 1.29 is 17.7 Å². The molecule has 5 nitrogen and oxygen atoms in total. The number of nitrogens with zero attached hydrogens (tertiary/aromatic N) is 1. The van der Waals surface area contributed by atoms with Gasteiger partial charge in [-0.05, 0) is 13.8 Å². The fourth-order valence-electron chi connectivity index (χ4n) is 1.97. The minimum absolute atomic E-state index is 0.0518. The van der Waals surface area contributed by atoms with E-state index in [-0.39, 0.29) is 18.0 Å². The molecule has 0 N–H and O–H groups in total. The molecule has 2 rings (SSSR count). The van der Waals surface area contributed by atoms with Crippen molar-refractivity contribution in [3.63, 3.8) is 0 Å². The smallest absolute Gasteiger partial charge is 0.238 e. The summed E-state index contributed by atoms with van der Waals surface area (Å²) < 4.78 is 32.7. The van der Waals surface area contributed by atoms with Gasteiger partial charge in [-0.2, -0.15) is 0 Å². The molecule has 1 aliphatic rings. The fourth-order valence-corrected chi connectivity index (χ4v) is 2.82. The first kappa shape index (κ1) is 11.9. The normalized spacial score (nSPS) is 25.4. The van der Waals surface area contributed by atoms with Crippen molar-refractivity contribution in [1.29, 1.82) is 0 Å². The number of hydrogen-bond donors (Lipinski definition) is 0. The molecule has 0 fully saturated rings. The zero-order chi connectivity index (χ0) is 11.9. The van der Waals surface area contributed by atoms with Crippen LogP contribution in [-0.4, -0.2) is 19.7 Å². The first-order valence-corrected chi connectivity index (χ1v) is 7.40. The number of aromatic nitrogens is 1. The molecule has 0 saturated carbocycles. The Kier molecular flexibility index (Phi) is 2.98. The lowest BCUT2D eigenvalue weighted by Crippen LogP contribution is -2.21. The largest absolute Gasteiger partial charge is 0.370 e. The molecule has 0 amide bonds. The van der Waals surface area contributed by atoms with E-state index in [1.807, 2.05) is 13.8 Å². The highest BCUT2D eigenvalue weighted by molar-refractivity contribution is 8.13. The lowest BCUT2D eigenvalue weighted by atomic mass is 10.0. The van der Waals surface area contributed by atoms with Gasteiger partial charge >= 0.3 is 0 Å². The van der Waals surface area contributed by atoms with E-state index in [1.54, 1.807) is 0 Å². The summed E-state index contributed by atoms with van der Waals surface area (Å²) in [6.45, 7) is 3.77. The van der Waals surface area contributed by atoms with Crippen LogP contribution in [0.1, 0.15) is 37.0 Å². The summed E-state index contributed by atoms with van der Waals surface area (Å²) in [5, 5.41) is 3.75. The van der Waals surface area contributed by atoms with Gasteiger partial charge in [0.1, 0.15) is 17.2 Å². The fraction of sp³-hybridized carbons (Fsp3) is 0.667. The zero-order valence-electron chi connectivity index (χ0n) is 8.94. The second-order valence-electron chi connectivity index (χ2n) is 3.94. The Morgan fingerprint density at radius 3 is 2.81 bits per heavy atom. The summed E-state index contributed by atoms with van der Waals surface area (Å²) in [6.07, 6.45) is 0.448. The predicted molar refractivity (Wildman–Crippen MR) is 57.6 cm³/mol. The van der Waals surface area contributed by atoms with E-state index < -0.39 is 9.05 Å². The van der Waals surface area contributed by atoms with Crippen LogP contribution in [0.4, 0.5) is 0 Å². The Labute approximate surface area is 98.1 Å².